The Morgan fingerprint density at radius 2 is 2.07 bits per heavy atom. The van der Waals surface area contributed by atoms with Gasteiger partial charge in [0.15, 0.2) is 11.5 Å². The van der Waals surface area contributed by atoms with Crippen molar-refractivity contribution < 1.29 is 23.7 Å². The van der Waals surface area contributed by atoms with Crippen molar-refractivity contribution in [1.29, 1.82) is 0 Å². The fourth-order valence-electron chi connectivity index (χ4n) is 3.75. The highest BCUT2D eigenvalue weighted by molar-refractivity contribution is 5.67. The number of hydrogen-bond donors (Lipinski definition) is 0. The largest absolute Gasteiger partial charge is 0.493 e. The van der Waals surface area contributed by atoms with E-state index in [1.165, 1.54) is 0 Å². The fourth-order valence-corrected chi connectivity index (χ4v) is 3.75. The van der Waals surface area contributed by atoms with Crippen LogP contribution in [0, 0.1) is 5.92 Å². The Morgan fingerprint density at radius 3 is 2.86 bits per heavy atom. The molecule has 1 unspecified atom stereocenters. The van der Waals surface area contributed by atoms with Gasteiger partial charge in [-0.3, -0.25) is 0 Å². The van der Waals surface area contributed by atoms with E-state index in [9.17, 15) is 4.79 Å². The standard InChI is InChI=1S/C22H34N2O5/c1-22(2,3)29-21(25)23(4)14-17-7-5-10-24(15-17)11-6-12-26-18-8-9-19-20(13-18)28-16-27-19/h8-9,13,17H,5-7,10-12,14-16H2,1-4H3. The summed E-state index contributed by atoms with van der Waals surface area (Å²) in [6.45, 7) is 10.5. The van der Waals surface area contributed by atoms with Crippen LogP contribution in [0.5, 0.6) is 17.2 Å². The summed E-state index contributed by atoms with van der Waals surface area (Å²) in [6.07, 6.45) is 3.03. The first-order chi connectivity index (χ1) is 13.8. The molecule has 7 nitrogen and oxygen atoms in total. The van der Waals surface area contributed by atoms with Gasteiger partial charge >= 0.3 is 6.09 Å². The van der Waals surface area contributed by atoms with E-state index in [0.717, 1.165) is 62.7 Å². The van der Waals surface area contributed by atoms with E-state index in [4.69, 9.17) is 18.9 Å². The Bertz CT molecular complexity index is 688. The number of carbonyl (C=O) groups excluding carboxylic acids is 1. The second-order valence-electron chi connectivity index (χ2n) is 8.89. The van der Waals surface area contributed by atoms with Crippen LogP contribution in [0.4, 0.5) is 4.79 Å². The lowest BCUT2D eigenvalue weighted by atomic mass is 9.97. The van der Waals surface area contributed by atoms with E-state index in [0.29, 0.717) is 12.5 Å². The molecular formula is C22H34N2O5. The third kappa shape index (κ3) is 6.70. The number of benzene rings is 1. The number of piperidine rings is 1. The van der Waals surface area contributed by atoms with E-state index in [-0.39, 0.29) is 12.9 Å². The molecule has 1 aromatic carbocycles. The van der Waals surface area contributed by atoms with E-state index in [2.05, 4.69) is 4.90 Å². The number of ether oxygens (including phenoxy) is 4. The Balaban J connectivity index is 1.36. The van der Waals surface area contributed by atoms with Gasteiger partial charge in [-0.2, -0.15) is 0 Å². The molecule has 3 rings (SSSR count). The number of amides is 1. The van der Waals surface area contributed by atoms with Gasteiger partial charge in [-0.05, 0) is 64.6 Å². The average molecular weight is 407 g/mol. The average Bonchev–Trinajstić information content (AvgIpc) is 3.12. The van der Waals surface area contributed by atoms with Gasteiger partial charge in [0.05, 0.1) is 6.61 Å². The van der Waals surface area contributed by atoms with E-state index in [1.54, 1.807) is 4.90 Å². The van der Waals surface area contributed by atoms with Crippen molar-refractivity contribution in [1.82, 2.24) is 9.80 Å². The number of hydrogen-bond acceptors (Lipinski definition) is 6. The predicted octanol–water partition coefficient (Wildman–Crippen LogP) is 3.76. The highest BCUT2D eigenvalue weighted by atomic mass is 16.7. The van der Waals surface area contributed by atoms with Crippen molar-refractivity contribution in [2.45, 2.75) is 45.6 Å². The maximum absolute atomic E-state index is 12.2. The normalized spacial score (nSPS) is 19.1. The second kappa shape index (κ2) is 9.57. The van der Waals surface area contributed by atoms with Gasteiger partial charge in [0.1, 0.15) is 11.4 Å². The Hall–Kier alpha value is -2.15. The summed E-state index contributed by atoms with van der Waals surface area (Å²) >= 11 is 0. The van der Waals surface area contributed by atoms with Gasteiger partial charge in [-0.15, -0.1) is 0 Å². The molecule has 1 amide bonds. The zero-order chi connectivity index (χ0) is 20.9. The molecule has 0 N–H and O–H groups in total. The Kier molecular flexibility index (Phi) is 7.11. The van der Waals surface area contributed by atoms with Crippen LogP contribution in [-0.4, -0.2) is 68.1 Å². The molecular weight excluding hydrogens is 372 g/mol. The second-order valence-corrected chi connectivity index (χ2v) is 8.89. The number of nitrogens with zero attached hydrogens (tertiary/aromatic N) is 2. The third-order valence-electron chi connectivity index (χ3n) is 5.07. The van der Waals surface area contributed by atoms with Gasteiger partial charge in [0.2, 0.25) is 6.79 Å². The summed E-state index contributed by atoms with van der Waals surface area (Å²) in [7, 11) is 1.83. The zero-order valence-electron chi connectivity index (χ0n) is 18.1. The summed E-state index contributed by atoms with van der Waals surface area (Å²) in [5.41, 5.74) is -0.456. The van der Waals surface area contributed by atoms with Gasteiger partial charge < -0.3 is 28.7 Å². The van der Waals surface area contributed by atoms with Crippen LogP contribution in [-0.2, 0) is 4.74 Å². The minimum absolute atomic E-state index is 0.244. The lowest BCUT2D eigenvalue weighted by Crippen LogP contribution is -2.43. The monoisotopic (exact) mass is 406 g/mol. The minimum atomic E-state index is -0.456. The summed E-state index contributed by atoms with van der Waals surface area (Å²) in [6, 6.07) is 5.68. The van der Waals surface area contributed by atoms with Gasteiger partial charge in [-0.1, -0.05) is 0 Å². The number of fused-ring (bicyclic) bond motifs is 1. The van der Waals surface area contributed by atoms with Crippen LogP contribution in [0.1, 0.15) is 40.0 Å². The quantitative estimate of drug-likeness (QED) is 0.643. The maximum Gasteiger partial charge on any atom is 0.410 e. The molecule has 162 valence electrons. The van der Waals surface area contributed by atoms with E-state index in [1.807, 2.05) is 46.0 Å². The van der Waals surface area contributed by atoms with Crippen LogP contribution in [0.15, 0.2) is 18.2 Å². The number of carbonyl (C=O) groups is 1. The summed E-state index contributed by atoms with van der Waals surface area (Å²) in [5, 5.41) is 0. The van der Waals surface area contributed by atoms with Crippen molar-refractivity contribution in [3.05, 3.63) is 18.2 Å². The summed E-state index contributed by atoms with van der Waals surface area (Å²) in [4.78, 5) is 16.4. The molecule has 1 saturated heterocycles. The molecule has 1 aromatic rings. The summed E-state index contributed by atoms with van der Waals surface area (Å²) in [5.74, 6) is 2.81. The molecule has 2 aliphatic rings. The smallest absolute Gasteiger partial charge is 0.410 e. The first-order valence-electron chi connectivity index (χ1n) is 10.5. The van der Waals surface area contributed by atoms with Gasteiger partial charge in [-0.25, -0.2) is 4.79 Å². The Labute approximate surface area is 173 Å². The lowest BCUT2D eigenvalue weighted by Gasteiger charge is -2.35. The fraction of sp³-hybridized carbons (Fsp3) is 0.682. The van der Waals surface area contributed by atoms with Crippen molar-refractivity contribution in [3.8, 4) is 17.2 Å². The first-order valence-corrected chi connectivity index (χ1v) is 10.5. The van der Waals surface area contributed by atoms with Crippen LogP contribution in [0.3, 0.4) is 0 Å². The minimum Gasteiger partial charge on any atom is -0.493 e. The van der Waals surface area contributed by atoms with Crippen LogP contribution >= 0.6 is 0 Å². The molecule has 2 heterocycles. The molecule has 0 aliphatic carbocycles. The number of likely N-dealkylation sites (tertiary alicyclic amines) is 1. The predicted molar refractivity (Wildman–Crippen MR) is 111 cm³/mol. The molecule has 1 atom stereocenters. The maximum atomic E-state index is 12.2. The highest BCUT2D eigenvalue weighted by Crippen LogP contribution is 2.35. The van der Waals surface area contributed by atoms with E-state index >= 15 is 0 Å². The molecule has 29 heavy (non-hydrogen) atoms. The number of rotatable bonds is 7. The van der Waals surface area contributed by atoms with Crippen LogP contribution in [0.2, 0.25) is 0 Å². The summed E-state index contributed by atoms with van der Waals surface area (Å²) < 4.78 is 22.0. The molecule has 0 radical (unpaired) electrons. The molecule has 0 saturated carbocycles. The third-order valence-corrected chi connectivity index (χ3v) is 5.07. The lowest BCUT2D eigenvalue weighted by molar-refractivity contribution is 0.0243. The zero-order valence-corrected chi connectivity index (χ0v) is 18.1. The van der Waals surface area contributed by atoms with Crippen LogP contribution in [0.25, 0.3) is 0 Å². The topological polar surface area (TPSA) is 60.5 Å². The SMILES string of the molecule is CN(CC1CCCN(CCCOc2ccc3c(c2)OCO3)C1)C(=O)OC(C)(C)C. The van der Waals surface area contributed by atoms with Crippen LogP contribution < -0.4 is 14.2 Å². The molecule has 2 aliphatic heterocycles. The molecule has 0 bridgehead atoms. The van der Waals surface area contributed by atoms with Crippen molar-refractivity contribution in [3.63, 3.8) is 0 Å². The van der Waals surface area contributed by atoms with Crippen molar-refractivity contribution in [2.24, 2.45) is 5.92 Å². The molecule has 0 spiro atoms. The Morgan fingerprint density at radius 1 is 1.28 bits per heavy atom. The van der Waals surface area contributed by atoms with Gasteiger partial charge in [0, 0.05) is 32.7 Å². The highest BCUT2D eigenvalue weighted by Gasteiger charge is 2.25. The molecule has 7 heteroatoms. The molecule has 1 fully saturated rings. The first kappa shape index (κ1) is 21.6. The van der Waals surface area contributed by atoms with Crippen molar-refractivity contribution >= 4 is 6.09 Å². The van der Waals surface area contributed by atoms with Crippen molar-refractivity contribution in [2.75, 3.05) is 46.6 Å². The van der Waals surface area contributed by atoms with Gasteiger partial charge in [0.25, 0.3) is 0 Å². The molecule has 0 aromatic heterocycles. The van der Waals surface area contributed by atoms with E-state index < -0.39 is 5.60 Å².